The predicted octanol–water partition coefficient (Wildman–Crippen LogP) is 2.65. The zero-order chi connectivity index (χ0) is 13.1. The van der Waals surface area contributed by atoms with Gasteiger partial charge >= 0.3 is 6.18 Å². The third-order valence-corrected chi connectivity index (χ3v) is 1.88. The molecule has 0 bridgehead atoms. The first kappa shape index (κ1) is 13.4. The van der Waals surface area contributed by atoms with E-state index in [1.807, 2.05) is 0 Å². The second-order valence-electron chi connectivity index (χ2n) is 3.22. The summed E-state index contributed by atoms with van der Waals surface area (Å²) in [4.78, 5) is 11.2. The fourth-order valence-electron chi connectivity index (χ4n) is 1.12. The molecule has 0 aromatic heterocycles. The molecule has 0 heterocycles. The second kappa shape index (κ2) is 5.11. The van der Waals surface area contributed by atoms with Crippen LogP contribution in [-0.4, -0.2) is 18.6 Å². The Bertz CT molecular complexity index is 395. The summed E-state index contributed by atoms with van der Waals surface area (Å²) in [6.45, 7) is -0.726. The summed E-state index contributed by atoms with van der Waals surface area (Å²) in [6, 6.07) is 2.75. The van der Waals surface area contributed by atoms with Crippen molar-refractivity contribution in [3.63, 3.8) is 0 Å². The van der Waals surface area contributed by atoms with Crippen molar-refractivity contribution in [3.05, 3.63) is 35.4 Å². The van der Waals surface area contributed by atoms with Crippen molar-refractivity contribution in [3.8, 4) is 0 Å². The molecule has 0 spiro atoms. The molecule has 0 saturated heterocycles. The summed E-state index contributed by atoms with van der Waals surface area (Å²) in [7, 11) is 0. The van der Waals surface area contributed by atoms with Crippen LogP contribution in [0.25, 0.3) is 0 Å². The van der Waals surface area contributed by atoms with Crippen LogP contribution in [0.15, 0.2) is 18.2 Å². The molecule has 1 N–H and O–H groups in total. The van der Waals surface area contributed by atoms with Gasteiger partial charge in [0.15, 0.2) is 0 Å². The summed E-state index contributed by atoms with van der Waals surface area (Å²) in [5.41, 5.74) is -0.880. The standard InChI is InChI=1S/C10H8F5NO/c11-6-2-1-3-7(12)8(6)9(17)16-5-4-10(13,14)15/h1-3H,4-5H2,(H,16,17). The number of amides is 1. The van der Waals surface area contributed by atoms with E-state index in [1.54, 1.807) is 5.32 Å². The topological polar surface area (TPSA) is 29.1 Å². The molecule has 1 aromatic carbocycles. The highest BCUT2D eigenvalue weighted by Gasteiger charge is 2.27. The van der Waals surface area contributed by atoms with Crippen molar-refractivity contribution in [2.75, 3.05) is 6.54 Å². The van der Waals surface area contributed by atoms with Crippen LogP contribution in [0.5, 0.6) is 0 Å². The molecule has 17 heavy (non-hydrogen) atoms. The van der Waals surface area contributed by atoms with Gasteiger partial charge in [-0.15, -0.1) is 0 Å². The molecule has 7 heteroatoms. The van der Waals surface area contributed by atoms with E-state index in [4.69, 9.17) is 0 Å². The Labute approximate surface area is 93.4 Å². The summed E-state index contributed by atoms with van der Waals surface area (Å²) in [5, 5.41) is 1.80. The van der Waals surface area contributed by atoms with E-state index in [1.165, 1.54) is 0 Å². The SMILES string of the molecule is O=C(NCCC(F)(F)F)c1c(F)cccc1F. The van der Waals surface area contributed by atoms with Crippen LogP contribution in [0.2, 0.25) is 0 Å². The molecular weight excluding hydrogens is 245 g/mol. The fraction of sp³-hybridized carbons (Fsp3) is 0.300. The molecule has 0 radical (unpaired) electrons. The molecule has 1 rings (SSSR count). The van der Waals surface area contributed by atoms with Crippen molar-refractivity contribution in [1.82, 2.24) is 5.32 Å². The number of hydrogen-bond donors (Lipinski definition) is 1. The van der Waals surface area contributed by atoms with Gasteiger partial charge in [0.2, 0.25) is 0 Å². The Morgan fingerprint density at radius 1 is 1.18 bits per heavy atom. The zero-order valence-electron chi connectivity index (χ0n) is 8.44. The van der Waals surface area contributed by atoms with E-state index < -0.39 is 42.2 Å². The fourth-order valence-corrected chi connectivity index (χ4v) is 1.12. The number of carbonyl (C=O) groups is 1. The highest BCUT2D eigenvalue weighted by Crippen LogP contribution is 2.18. The van der Waals surface area contributed by atoms with Gasteiger partial charge in [0.1, 0.15) is 17.2 Å². The number of rotatable bonds is 3. The van der Waals surface area contributed by atoms with Crippen LogP contribution in [0.3, 0.4) is 0 Å². The Morgan fingerprint density at radius 2 is 1.71 bits per heavy atom. The monoisotopic (exact) mass is 253 g/mol. The highest BCUT2D eigenvalue weighted by atomic mass is 19.4. The minimum atomic E-state index is -4.43. The Hall–Kier alpha value is -1.66. The lowest BCUT2D eigenvalue weighted by Crippen LogP contribution is -2.29. The molecule has 2 nitrogen and oxygen atoms in total. The molecule has 0 fully saturated rings. The number of hydrogen-bond acceptors (Lipinski definition) is 1. The molecule has 0 aliphatic rings. The van der Waals surface area contributed by atoms with Gasteiger partial charge in [0.05, 0.1) is 6.42 Å². The molecule has 1 aromatic rings. The van der Waals surface area contributed by atoms with Crippen LogP contribution in [0.1, 0.15) is 16.8 Å². The largest absolute Gasteiger partial charge is 0.390 e. The maximum absolute atomic E-state index is 13.0. The van der Waals surface area contributed by atoms with Crippen molar-refractivity contribution in [2.45, 2.75) is 12.6 Å². The van der Waals surface area contributed by atoms with E-state index in [0.717, 1.165) is 18.2 Å². The minimum absolute atomic E-state index is 0.726. The van der Waals surface area contributed by atoms with Gasteiger partial charge in [-0.2, -0.15) is 13.2 Å². The maximum atomic E-state index is 13.0. The van der Waals surface area contributed by atoms with Gasteiger partial charge in [-0.3, -0.25) is 4.79 Å². The molecule has 1 amide bonds. The summed E-state index contributed by atoms with van der Waals surface area (Å²) in [6.07, 6.45) is -5.68. The van der Waals surface area contributed by atoms with E-state index in [0.29, 0.717) is 0 Å². The first-order chi connectivity index (χ1) is 7.81. The number of halogens is 5. The maximum Gasteiger partial charge on any atom is 0.390 e. The Kier molecular flexibility index (Phi) is 4.03. The molecule has 0 atom stereocenters. The lowest BCUT2D eigenvalue weighted by Gasteiger charge is -2.08. The average molecular weight is 253 g/mol. The summed E-state index contributed by atoms with van der Waals surface area (Å²) in [5.74, 6) is -3.44. The van der Waals surface area contributed by atoms with Gasteiger partial charge in [-0.1, -0.05) is 6.07 Å². The van der Waals surface area contributed by atoms with Gasteiger partial charge < -0.3 is 5.32 Å². The number of carbonyl (C=O) groups excluding carboxylic acids is 1. The van der Waals surface area contributed by atoms with Crippen LogP contribution in [0, 0.1) is 11.6 Å². The van der Waals surface area contributed by atoms with Crippen LogP contribution < -0.4 is 5.32 Å². The third-order valence-electron chi connectivity index (χ3n) is 1.88. The lowest BCUT2D eigenvalue weighted by atomic mass is 10.2. The first-order valence-electron chi connectivity index (χ1n) is 4.60. The number of alkyl halides is 3. The van der Waals surface area contributed by atoms with Gasteiger partial charge in [-0.25, -0.2) is 8.78 Å². The zero-order valence-corrected chi connectivity index (χ0v) is 8.44. The van der Waals surface area contributed by atoms with E-state index in [2.05, 4.69) is 0 Å². The smallest absolute Gasteiger partial charge is 0.352 e. The number of nitrogens with one attached hydrogen (secondary N) is 1. The van der Waals surface area contributed by atoms with Gasteiger partial charge in [0, 0.05) is 6.54 Å². The molecule has 0 unspecified atom stereocenters. The second-order valence-corrected chi connectivity index (χ2v) is 3.22. The molecule has 0 saturated carbocycles. The molecular formula is C10H8F5NO. The quantitative estimate of drug-likeness (QED) is 0.824. The van der Waals surface area contributed by atoms with Crippen LogP contribution in [0.4, 0.5) is 22.0 Å². The first-order valence-corrected chi connectivity index (χ1v) is 4.60. The van der Waals surface area contributed by atoms with Gasteiger partial charge in [0.25, 0.3) is 5.91 Å². The summed E-state index contributed by atoms with van der Waals surface area (Å²) >= 11 is 0. The lowest BCUT2D eigenvalue weighted by molar-refractivity contribution is -0.132. The van der Waals surface area contributed by atoms with E-state index >= 15 is 0 Å². The van der Waals surface area contributed by atoms with Crippen LogP contribution >= 0.6 is 0 Å². The normalized spacial score (nSPS) is 11.4. The highest BCUT2D eigenvalue weighted by molar-refractivity contribution is 5.94. The van der Waals surface area contributed by atoms with Crippen molar-refractivity contribution >= 4 is 5.91 Å². The van der Waals surface area contributed by atoms with Crippen LogP contribution in [-0.2, 0) is 0 Å². The molecule has 0 aliphatic heterocycles. The third kappa shape index (κ3) is 4.01. The molecule has 94 valence electrons. The summed E-state index contributed by atoms with van der Waals surface area (Å²) < 4.78 is 61.4. The molecule has 0 aliphatic carbocycles. The number of benzene rings is 1. The predicted molar refractivity (Wildman–Crippen MR) is 49.4 cm³/mol. The van der Waals surface area contributed by atoms with Crippen molar-refractivity contribution in [2.24, 2.45) is 0 Å². The van der Waals surface area contributed by atoms with E-state index in [-0.39, 0.29) is 0 Å². The Balaban J connectivity index is 2.65. The van der Waals surface area contributed by atoms with E-state index in [9.17, 15) is 26.7 Å². The van der Waals surface area contributed by atoms with Crippen molar-refractivity contribution < 1.29 is 26.7 Å². The minimum Gasteiger partial charge on any atom is -0.352 e. The average Bonchev–Trinajstić information content (AvgIpc) is 2.15. The van der Waals surface area contributed by atoms with Gasteiger partial charge in [-0.05, 0) is 12.1 Å². The Morgan fingerprint density at radius 3 is 2.18 bits per heavy atom. The van der Waals surface area contributed by atoms with Crippen molar-refractivity contribution in [1.29, 1.82) is 0 Å².